The molecule has 2 N–H and O–H groups in total. The van der Waals surface area contributed by atoms with Gasteiger partial charge in [0.05, 0.1) is 16.9 Å². The van der Waals surface area contributed by atoms with E-state index in [2.05, 4.69) is 20.5 Å². The van der Waals surface area contributed by atoms with E-state index >= 15 is 0 Å². The fourth-order valence-electron chi connectivity index (χ4n) is 2.03. The highest BCUT2D eigenvalue weighted by Gasteiger charge is 2.13. The van der Waals surface area contributed by atoms with Gasteiger partial charge in [0.15, 0.2) is 5.69 Å². The highest BCUT2D eigenvalue weighted by molar-refractivity contribution is 7.11. The Balaban J connectivity index is 1.88. The van der Waals surface area contributed by atoms with Crippen LogP contribution in [0.25, 0.3) is 10.8 Å². The van der Waals surface area contributed by atoms with Crippen LogP contribution in [0.1, 0.15) is 20.4 Å². The third-order valence-corrected chi connectivity index (χ3v) is 3.92. The first-order valence-electron chi connectivity index (χ1n) is 6.32. The van der Waals surface area contributed by atoms with Crippen molar-refractivity contribution < 1.29 is 4.79 Å². The van der Waals surface area contributed by atoms with E-state index in [1.54, 1.807) is 30.5 Å². The number of hydrogen-bond acceptors (Lipinski definition) is 5. The molecule has 0 saturated carbocycles. The number of carbonyl (C=O) groups is 1. The lowest BCUT2D eigenvalue weighted by molar-refractivity contribution is 0.0947. The predicted molar refractivity (Wildman–Crippen MR) is 80.4 cm³/mol. The fraction of sp³-hybridized carbons (Fsp3) is 0.143. The Bertz CT molecular complexity index is 869. The van der Waals surface area contributed by atoms with Crippen molar-refractivity contribution in [3.05, 3.63) is 56.4 Å². The maximum atomic E-state index is 12.2. The molecule has 0 bridgehead atoms. The highest BCUT2D eigenvalue weighted by atomic mass is 32.1. The van der Waals surface area contributed by atoms with Crippen LogP contribution in [-0.2, 0) is 6.54 Å². The monoisotopic (exact) mass is 300 g/mol. The molecule has 0 unspecified atom stereocenters. The SMILES string of the molecule is Cc1ncc(CNC(=O)c2n[nH]c(=O)c3ccccc23)s1. The second kappa shape index (κ2) is 5.45. The van der Waals surface area contributed by atoms with Gasteiger partial charge >= 0.3 is 0 Å². The maximum Gasteiger partial charge on any atom is 0.272 e. The number of amides is 1. The Hall–Kier alpha value is -2.54. The Kier molecular flexibility index (Phi) is 3.49. The van der Waals surface area contributed by atoms with Crippen LogP contribution >= 0.6 is 11.3 Å². The second-order valence-electron chi connectivity index (χ2n) is 4.48. The third-order valence-electron chi connectivity index (χ3n) is 3.00. The summed E-state index contributed by atoms with van der Waals surface area (Å²) < 4.78 is 0. The molecule has 1 amide bonds. The van der Waals surface area contributed by atoms with Gasteiger partial charge in [-0.25, -0.2) is 10.1 Å². The number of benzene rings is 1. The number of rotatable bonds is 3. The Labute approximate surface area is 123 Å². The molecule has 3 aromatic rings. The first-order valence-corrected chi connectivity index (χ1v) is 7.14. The molecule has 2 aromatic heterocycles. The molecule has 0 spiro atoms. The van der Waals surface area contributed by atoms with Gasteiger partial charge in [0.2, 0.25) is 0 Å². The van der Waals surface area contributed by atoms with Gasteiger partial charge in [0, 0.05) is 16.5 Å². The van der Waals surface area contributed by atoms with Gasteiger partial charge in [-0.2, -0.15) is 5.10 Å². The van der Waals surface area contributed by atoms with E-state index in [0.29, 0.717) is 17.3 Å². The van der Waals surface area contributed by atoms with E-state index in [0.717, 1.165) is 9.88 Å². The van der Waals surface area contributed by atoms with E-state index in [-0.39, 0.29) is 17.2 Å². The molecule has 0 atom stereocenters. The second-order valence-corrected chi connectivity index (χ2v) is 5.79. The molecular weight excluding hydrogens is 288 g/mol. The van der Waals surface area contributed by atoms with Crippen LogP contribution in [0.2, 0.25) is 0 Å². The van der Waals surface area contributed by atoms with Crippen molar-refractivity contribution in [3.63, 3.8) is 0 Å². The normalized spacial score (nSPS) is 10.7. The van der Waals surface area contributed by atoms with E-state index in [4.69, 9.17) is 0 Å². The van der Waals surface area contributed by atoms with Gasteiger partial charge in [-0.1, -0.05) is 18.2 Å². The molecule has 1 aromatic carbocycles. The summed E-state index contributed by atoms with van der Waals surface area (Å²) in [6.07, 6.45) is 1.73. The number of fused-ring (bicyclic) bond motifs is 1. The standard InChI is InChI=1S/C14H12N4O2S/c1-8-15-6-9(21-8)7-16-14(20)12-10-4-2-3-5-11(10)13(19)18-17-12/h2-6H,7H2,1H3,(H,16,20)(H,18,19). The number of aryl methyl sites for hydroxylation is 1. The van der Waals surface area contributed by atoms with E-state index in [1.807, 2.05) is 6.92 Å². The van der Waals surface area contributed by atoms with E-state index < -0.39 is 0 Å². The van der Waals surface area contributed by atoms with Crippen LogP contribution < -0.4 is 10.9 Å². The van der Waals surface area contributed by atoms with Crippen molar-refractivity contribution in [2.75, 3.05) is 0 Å². The molecule has 7 heteroatoms. The molecule has 0 fully saturated rings. The van der Waals surface area contributed by atoms with E-state index in [1.165, 1.54) is 11.3 Å². The lowest BCUT2D eigenvalue weighted by Gasteiger charge is -2.05. The zero-order valence-corrected chi connectivity index (χ0v) is 12.0. The molecule has 0 radical (unpaired) electrons. The van der Waals surface area contributed by atoms with Crippen molar-refractivity contribution in [3.8, 4) is 0 Å². The number of hydrogen-bond donors (Lipinski definition) is 2. The lowest BCUT2D eigenvalue weighted by atomic mass is 10.1. The van der Waals surface area contributed by atoms with E-state index in [9.17, 15) is 9.59 Å². The number of nitrogens with zero attached hydrogens (tertiary/aromatic N) is 2. The molecule has 2 heterocycles. The third kappa shape index (κ3) is 2.68. The zero-order valence-electron chi connectivity index (χ0n) is 11.2. The number of aromatic amines is 1. The van der Waals surface area contributed by atoms with Gasteiger partial charge in [0.1, 0.15) is 0 Å². The summed E-state index contributed by atoms with van der Waals surface area (Å²) in [5.74, 6) is -0.325. The number of aromatic nitrogens is 3. The Morgan fingerprint density at radius 1 is 1.33 bits per heavy atom. The summed E-state index contributed by atoms with van der Waals surface area (Å²) in [7, 11) is 0. The van der Waals surface area contributed by atoms with Crippen LogP contribution in [0.5, 0.6) is 0 Å². The van der Waals surface area contributed by atoms with Gasteiger partial charge in [-0.3, -0.25) is 9.59 Å². The summed E-state index contributed by atoms with van der Waals surface area (Å²) in [6.45, 7) is 2.30. The minimum atomic E-state index is -0.325. The molecule has 21 heavy (non-hydrogen) atoms. The van der Waals surface area contributed by atoms with Crippen LogP contribution in [-0.4, -0.2) is 21.1 Å². The number of carbonyl (C=O) groups excluding carboxylic acids is 1. The first-order chi connectivity index (χ1) is 10.1. The first kappa shape index (κ1) is 13.4. The summed E-state index contributed by atoms with van der Waals surface area (Å²) in [5, 5.41) is 10.9. The summed E-state index contributed by atoms with van der Waals surface area (Å²) in [6, 6.07) is 6.90. The predicted octanol–water partition coefficient (Wildman–Crippen LogP) is 1.62. The molecule has 106 valence electrons. The van der Waals surface area contributed by atoms with Crippen molar-refractivity contribution in [2.45, 2.75) is 13.5 Å². The number of H-pyrrole nitrogens is 1. The molecular formula is C14H12N4O2S. The van der Waals surface area contributed by atoms with Crippen LogP contribution in [0.4, 0.5) is 0 Å². The minimum Gasteiger partial charge on any atom is -0.346 e. The summed E-state index contributed by atoms with van der Waals surface area (Å²) >= 11 is 1.53. The summed E-state index contributed by atoms with van der Waals surface area (Å²) in [4.78, 5) is 29.0. The van der Waals surface area contributed by atoms with Crippen molar-refractivity contribution in [1.82, 2.24) is 20.5 Å². The minimum absolute atomic E-state index is 0.214. The summed E-state index contributed by atoms with van der Waals surface area (Å²) in [5.41, 5.74) is -0.0910. The van der Waals surface area contributed by atoms with Gasteiger partial charge in [0.25, 0.3) is 11.5 Å². The van der Waals surface area contributed by atoms with Gasteiger partial charge < -0.3 is 5.32 Å². The average Bonchev–Trinajstić information content (AvgIpc) is 2.91. The maximum absolute atomic E-state index is 12.2. The van der Waals surface area contributed by atoms with Crippen LogP contribution in [0.15, 0.2) is 35.3 Å². The smallest absolute Gasteiger partial charge is 0.272 e. The average molecular weight is 300 g/mol. The molecule has 3 rings (SSSR count). The quantitative estimate of drug-likeness (QED) is 0.769. The number of thiazole rings is 1. The Morgan fingerprint density at radius 3 is 2.81 bits per heavy atom. The van der Waals surface area contributed by atoms with Crippen molar-refractivity contribution in [2.24, 2.45) is 0 Å². The molecule has 0 aliphatic carbocycles. The fourth-order valence-corrected chi connectivity index (χ4v) is 2.76. The molecule has 6 nitrogen and oxygen atoms in total. The number of nitrogens with one attached hydrogen (secondary N) is 2. The zero-order chi connectivity index (χ0) is 14.8. The molecule has 0 saturated heterocycles. The van der Waals surface area contributed by atoms with Crippen LogP contribution in [0, 0.1) is 6.92 Å². The largest absolute Gasteiger partial charge is 0.346 e. The van der Waals surface area contributed by atoms with Crippen molar-refractivity contribution >= 4 is 28.0 Å². The highest BCUT2D eigenvalue weighted by Crippen LogP contribution is 2.14. The molecule has 0 aliphatic rings. The van der Waals surface area contributed by atoms with Crippen molar-refractivity contribution in [1.29, 1.82) is 0 Å². The van der Waals surface area contributed by atoms with Gasteiger partial charge in [-0.15, -0.1) is 11.3 Å². The lowest BCUT2D eigenvalue weighted by Crippen LogP contribution is -2.25. The molecule has 0 aliphatic heterocycles. The van der Waals surface area contributed by atoms with Crippen LogP contribution in [0.3, 0.4) is 0 Å². The van der Waals surface area contributed by atoms with Gasteiger partial charge in [-0.05, 0) is 13.0 Å². The topological polar surface area (TPSA) is 87.7 Å². The Morgan fingerprint density at radius 2 is 2.10 bits per heavy atom.